The molecule has 1 aliphatic carbocycles. The Kier molecular flexibility index (Phi) is 6.50. The highest BCUT2D eigenvalue weighted by molar-refractivity contribution is 5.34. The van der Waals surface area contributed by atoms with E-state index in [2.05, 4.69) is 12.2 Å². The van der Waals surface area contributed by atoms with E-state index in [0.29, 0.717) is 11.6 Å². The van der Waals surface area contributed by atoms with Crippen LogP contribution in [0.1, 0.15) is 50.7 Å². The minimum Gasteiger partial charge on any atom is -0.395 e. The Hall–Kier alpha value is -1.50. The molecule has 0 bridgehead atoms. The number of benzene rings is 1. The SMILES string of the molecule is CCC1CCC(NC(CO)C(O)c2ccc([N+](=O)[O-])cc2)CC1. The molecule has 0 spiro atoms. The molecule has 0 saturated heterocycles. The quantitative estimate of drug-likeness (QED) is 0.529. The van der Waals surface area contributed by atoms with Gasteiger partial charge in [-0.3, -0.25) is 10.1 Å². The van der Waals surface area contributed by atoms with Gasteiger partial charge in [0.1, 0.15) is 0 Å². The number of nitro groups is 1. The summed E-state index contributed by atoms with van der Waals surface area (Å²) >= 11 is 0. The summed E-state index contributed by atoms with van der Waals surface area (Å²) in [5.41, 5.74) is 0.566. The standard InChI is InChI=1S/C17H26N2O4/c1-2-12-3-7-14(8-4-12)18-16(11-20)17(21)13-5-9-15(10-6-13)19(22)23/h5-6,9-10,12,14,16-18,20-21H,2-4,7-8,11H2,1H3. The zero-order valence-corrected chi connectivity index (χ0v) is 13.5. The number of nitro benzene ring substituents is 1. The van der Waals surface area contributed by atoms with Crippen LogP contribution in [0.15, 0.2) is 24.3 Å². The van der Waals surface area contributed by atoms with Crippen LogP contribution in [0.25, 0.3) is 0 Å². The van der Waals surface area contributed by atoms with E-state index in [4.69, 9.17) is 0 Å². The van der Waals surface area contributed by atoms with Crippen molar-refractivity contribution in [2.24, 2.45) is 5.92 Å². The Morgan fingerprint density at radius 2 is 1.87 bits per heavy atom. The lowest BCUT2D eigenvalue weighted by atomic mass is 9.84. The van der Waals surface area contributed by atoms with E-state index in [-0.39, 0.29) is 12.3 Å². The predicted molar refractivity (Wildman–Crippen MR) is 88.1 cm³/mol. The number of hydrogen-bond acceptors (Lipinski definition) is 5. The topological polar surface area (TPSA) is 95.6 Å². The maximum Gasteiger partial charge on any atom is 0.269 e. The summed E-state index contributed by atoms with van der Waals surface area (Å²) in [6.07, 6.45) is 4.80. The monoisotopic (exact) mass is 322 g/mol. The van der Waals surface area contributed by atoms with Crippen molar-refractivity contribution in [3.8, 4) is 0 Å². The van der Waals surface area contributed by atoms with Crippen molar-refractivity contribution in [3.63, 3.8) is 0 Å². The van der Waals surface area contributed by atoms with Crippen molar-refractivity contribution in [1.29, 1.82) is 0 Å². The average molecular weight is 322 g/mol. The van der Waals surface area contributed by atoms with Crippen molar-refractivity contribution in [2.45, 2.75) is 57.2 Å². The highest BCUT2D eigenvalue weighted by Gasteiger charge is 2.26. The zero-order valence-electron chi connectivity index (χ0n) is 13.5. The molecule has 6 nitrogen and oxygen atoms in total. The van der Waals surface area contributed by atoms with Crippen LogP contribution in [0.2, 0.25) is 0 Å². The third kappa shape index (κ3) is 4.73. The Morgan fingerprint density at radius 1 is 1.26 bits per heavy atom. The fourth-order valence-electron chi connectivity index (χ4n) is 3.31. The Balaban J connectivity index is 1.95. The molecular weight excluding hydrogens is 296 g/mol. The maximum atomic E-state index is 10.7. The molecule has 1 aromatic rings. The molecule has 1 fully saturated rings. The molecule has 23 heavy (non-hydrogen) atoms. The number of rotatable bonds is 7. The smallest absolute Gasteiger partial charge is 0.269 e. The molecule has 1 aromatic carbocycles. The van der Waals surface area contributed by atoms with E-state index in [1.54, 1.807) is 12.1 Å². The Labute approximate surface area is 136 Å². The molecule has 3 N–H and O–H groups in total. The van der Waals surface area contributed by atoms with Crippen molar-refractivity contribution in [1.82, 2.24) is 5.32 Å². The zero-order chi connectivity index (χ0) is 16.8. The first-order valence-electron chi connectivity index (χ1n) is 8.34. The lowest BCUT2D eigenvalue weighted by molar-refractivity contribution is -0.384. The average Bonchev–Trinajstić information content (AvgIpc) is 2.59. The molecule has 128 valence electrons. The lowest BCUT2D eigenvalue weighted by Gasteiger charge is -2.33. The summed E-state index contributed by atoms with van der Waals surface area (Å²) in [6, 6.07) is 5.68. The van der Waals surface area contributed by atoms with Gasteiger partial charge in [-0.05, 0) is 49.3 Å². The molecule has 1 aliphatic rings. The summed E-state index contributed by atoms with van der Waals surface area (Å²) in [5.74, 6) is 0.792. The van der Waals surface area contributed by atoms with Gasteiger partial charge in [-0.2, -0.15) is 0 Å². The van der Waals surface area contributed by atoms with Crippen LogP contribution in [-0.4, -0.2) is 33.8 Å². The fourth-order valence-corrected chi connectivity index (χ4v) is 3.31. The van der Waals surface area contributed by atoms with Crippen LogP contribution in [0.4, 0.5) is 5.69 Å². The summed E-state index contributed by atoms with van der Waals surface area (Å²) < 4.78 is 0. The Morgan fingerprint density at radius 3 is 2.35 bits per heavy atom. The molecular formula is C17H26N2O4. The second-order valence-electron chi connectivity index (χ2n) is 6.38. The molecule has 0 radical (unpaired) electrons. The molecule has 2 unspecified atom stereocenters. The predicted octanol–water partition coefficient (Wildman–Crippen LogP) is 2.55. The number of aliphatic hydroxyl groups is 2. The van der Waals surface area contributed by atoms with Gasteiger partial charge in [0, 0.05) is 18.2 Å². The molecule has 0 aromatic heterocycles. The van der Waals surface area contributed by atoms with Gasteiger partial charge in [0.25, 0.3) is 5.69 Å². The van der Waals surface area contributed by atoms with Crippen LogP contribution in [0.5, 0.6) is 0 Å². The van der Waals surface area contributed by atoms with E-state index >= 15 is 0 Å². The van der Waals surface area contributed by atoms with Gasteiger partial charge in [-0.1, -0.05) is 13.3 Å². The first-order chi connectivity index (χ1) is 11.0. The molecule has 2 rings (SSSR count). The van der Waals surface area contributed by atoms with Gasteiger partial charge in [-0.15, -0.1) is 0 Å². The lowest BCUT2D eigenvalue weighted by Crippen LogP contribution is -2.45. The highest BCUT2D eigenvalue weighted by Crippen LogP contribution is 2.28. The third-order valence-corrected chi connectivity index (χ3v) is 4.90. The second kappa shape index (κ2) is 8.38. The van der Waals surface area contributed by atoms with Gasteiger partial charge < -0.3 is 15.5 Å². The summed E-state index contributed by atoms with van der Waals surface area (Å²) in [4.78, 5) is 10.2. The number of non-ortho nitro benzene ring substituents is 1. The van der Waals surface area contributed by atoms with Gasteiger partial charge in [0.05, 0.1) is 23.7 Å². The number of nitrogens with one attached hydrogen (secondary N) is 1. The number of aliphatic hydroxyl groups excluding tert-OH is 2. The van der Waals surface area contributed by atoms with Crippen molar-refractivity contribution < 1.29 is 15.1 Å². The molecule has 2 atom stereocenters. The largest absolute Gasteiger partial charge is 0.395 e. The molecule has 6 heteroatoms. The van der Waals surface area contributed by atoms with Gasteiger partial charge >= 0.3 is 0 Å². The Bertz CT molecular complexity index is 498. The summed E-state index contributed by atoms with van der Waals surface area (Å²) in [7, 11) is 0. The highest BCUT2D eigenvalue weighted by atomic mass is 16.6. The fraction of sp³-hybridized carbons (Fsp3) is 0.647. The molecule has 0 amide bonds. The van der Waals surface area contributed by atoms with Crippen LogP contribution < -0.4 is 5.32 Å². The number of nitrogens with zero attached hydrogens (tertiary/aromatic N) is 1. The minimum atomic E-state index is -0.885. The van der Waals surface area contributed by atoms with E-state index in [9.17, 15) is 20.3 Å². The number of hydrogen-bond donors (Lipinski definition) is 3. The first-order valence-corrected chi connectivity index (χ1v) is 8.34. The van der Waals surface area contributed by atoms with E-state index in [1.165, 1.54) is 31.4 Å². The van der Waals surface area contributed by atoms with Crippen LogP contribution >= 0.6 is 0 Å². The van der Waals surface area contributed by atoms with E-state index in [0.717, 1.165) is 18.8 Å². The van der Waals surface area contributed by atoms with Crippen LogP contribution in [0, 0.1) is 16.0 Å². The molecule has 0 heterocycles. The van der Waals surface area contributed by atoms with Gasteiger partial charge in [0.15, 0.2) is 0 Å². The van der Waals surface area contributed by atoms with Crippen LogP contribution in [-0.2, 0) is 0 Å². The normalized spacial score (nSPS) is 24.1. The molecule has 1 saturated carbocycles. The first kappa shape index (κ1) is 17.8. The maximum absolute atomic E-state index is 10.7. The van der Waals surface area contributed by atoms with Crippen molar-refractivity contribution in [2.75, 3.05) is 6.61 Å². The summed E-state index contributed by atoms with van der Waals surface area (Å²) in [6.45, 7) is 2.04. The van der Waals surface area contributed by atoms with Crippen LogP contribution in [0.3, 0.4) is 0 Å². The molecule has 0 aliphatic heterocycles. The van der Waals surface area contributed by atoms with Gasteiger partial charge in [0.2, 0.25) is 0 Å². The van der Waals surface area contributed by atoms with E-state index < -0.39 is 17.1 Å². The van der Waals surface area contributed by atoms with Gasteiger partial charge in [-0.25, -0.2) is 0 Å². The minimum absolute atomic E-state index is 0.00709. The van der Waals surface area contributed by atoms with Crippen molar-refractivity contribution >= 4 is 5.69 Å². The second-order valence-corrected chi connectivity index (χ2v) is 6.38. The summed E-state index contributed by atoms with van der Waals surface area (Å²) in [5, 5.41) is 34.1. The van der Waals surface area contributed by atoms with E-state index in [1.807, 2.05) is 0 Å². The third-order valence-electron chi connectivity index (χ3n) is 4.90. The van der Waals surface area contributed by atoms with Crippen molar-refractivity contribution in [3.05, 3.63) is 39.9 Å².